The van der Waals surface area contributed by atoms with Gasteiger partial charge >= 0.3 is 0 Å². The maximum atomic E-state index is 12.4. The third kappa shape index (κ3) is 4.71. The number of amides is 1. The molecule has 1 aromatic heterocycles. The number of carbonyl (C=O) groups excluding carboxylic acids is 1. The van der Waals surface area contributed by atoms with Crippen LogP contribution in [0.1, 0.15) is 33.7 Å². The summed E-state index contributed by atoms with van der Waals surface area (Å²) in [5, 5.41) is 7.98. The van der Waals surface area contributed by atoms with E-state index in [0.717, 1.165) is 28.9 Å². The van der Waals surface area contributed by atoms with E-state index >= 15 is 0 Å². The van der Waals surface area contributed by atoms with Crippen LogP contribution in [-0.2, 0) is 16.4 Å². The fourth-order valence-electron chi connectivity index (χ4n) is 2.81. The zero-order valence-corrected chi connectivity index (χ0v) is 16.6. The van der Waals surface area contributed by atoms with Crippen LogP contribution in [0.2, 0.25) is 0 Å². The summed E-state index contributed by atoms with van der Waals surface area (Å²) >= 11 is 0. The Labute approximate surface area is 164 Å². The molecule has 3 rings (SSSR count). The molecule has 0 aliphatic rings. The quantitative estimate of drug-likeness (QED) is 0.618. The highest BCUT2D eigenvalue weighted by Gasteiger charge is 2.09. The molecule has 0 spiro atoms. The number of nitrogens with one attached hydrogen (secondary N) is 1. The van der Waals surface area contributed by atoms with E-state index in [-0.39, 0.29) is 10.8 Å². The van der Waals surface area contributed by atoms with Gasteiger partial charge in [0.05, 0.1) is 27.3 Å². The van der Waals surface area contributed by atoms with Crippen molar-refractivity contribution in [2.75, 3.05) is 6.54 Å². The molecule has 1 amide bonds. The molecule has 1 heterocycles. The van der Waals surface area contributed by atoms with Crippen LogP contribution in [0.4, 0.5) is 0 Å². The fraction of sp³-hybridized carbons (Fsp3) is 0.250. The van der Waals surface area contributed by atoms with Gasteiger partial charge < -0.3 is 5.32 Å². The summed E-state index contributed by atoms with van der Waals surface area (Å²) in [5.41, 5.74) is 4.71. The lowest BCUT2D eigenvalue weighted by Gasteiger charge is -2.07. The summed E-state index contributed by atoms with van der Waals surface area (Å²) in [7, 11) is -3.67. The summed E-state index contributed by atoms with van der Waals surface area (Å²) < 4.78 is 22.5. The van der Waals surface area contributed by atoms with Crippen molar-refractivity contribution < 1.29 is 13.2 Å². The number of fused-ring (bicyclic) bond motifs is 1. The lowest BCUT2D eigenvalue weighted by atomic mass is 10.1. The van der Waals surface area contributed by atoms with Crippen LogP contribution < -0.4 is 10.5 Å². The molecule has 0 unspecified atom stereocenters. The Balaban J connectivity index is 1.55. The highest BCUT2D eigenvalue weighted by atomic mass is 32.2. The first-order valence-corrected chi connectivity index (χ1v) is 10.4. The molecule has 8 heteroatoms. The first-order valence-electron chi connectivity index (χ1n) is 8.89. The van der Waals surface area contributed by atoms with E-state index in [4.69, 9.17) is 5.14 Å². The predicted octanol–water partition coefficient (Wildman–Crippen LogP) is 2.26. The molecular weight excluding hydrogens is 376 g/mol. The average molecular weight is 398 g/mol. The van der Waals surface area contributed by atoms with E-state index in [0.29, 0.717) is 24.0 Å². The minimum absolute atomic E-state index is 0.0920. The van der Waals surface area contributed by atoms with E-state index in [1.54, 1.807) is 30.3 Å². The summed E-state index contributed by atoms with van der Waals surface area (Å²) in [6.07, 6.45) is 1.44. The van der Waals surface area contributed by atoms with Crippen molar-refractivity contribution in [2.45, 2.75) is 31.6 Å². The molecule has 7 nitrogen and oxygen atoms in total. The van der Waals surface area contributed by atoms with Crippen LogP contribution in [0.5, 0.6) is 0 Å². The van der Waals surface area contributed by atoms with Gasteiger partial charge in [0, 0.05) is 12.1 Å². The van der Waals surface area contributed by atoms with Gasteiger partial charge in [0.15, 0.2) is 0 Å². The minimum atomic E-state index is -3.67. The van der Waals surface area contributed by atoms with E-state index in [1.165, 1.54) is 12.1 Å². The van der Waals surface area contributed by atoms with Gasteiger partial charge in [-0.2, -0.15) is 0 Å². The first kappa shape index (κ1) is 19.9. The number of aryl methyl sites for hydroxylation is 3. The largest absolute Gasteiger partial charge is 0.352 e. The topological polar surface area (TPSA) is 115 Å². The van der Waals surface area contributed by atoms with Crippen LogP contribution >= 0.6 is 0 Å². The average Bonchev–Trinajstić information content (AvgIpc) is 2.65. The number of nitrogens with zero attached hydrogens (tertiary/aromatic N) is 2. The molecule has 0 radical (unpaired) electrons. The Hall–Kier alpha value is -2.84. The SMILES string of the molecule is Cc1nc2ccc(C(=O)NCCCc3ccc(S(N)(=O)=O)cc3)cc2nc1C. The van der Waals surface area contributed by atoms with Gasteiger partial charge in [-0.05, 0) is 62.6 Å². The number of primary sulfonamides is 1. The lowest BCUT2D eigenvalue weighted by molar-refractivity contribution is 0.0953. The van der Waals surface area contributed by atoms with Crippen molar-refractivity contribution >= 4 is 27.0 Å². The third-order valence-electron chi connectivity index (χ3n) is 4.52. The Bertz CT molecular complexity index is 1130. The second-order valence-corrected chi connectivity index (χ2v) is 8.21. The summed E-state index contributed by atoms with van der Waals surface area (Å²) in [6.45, 7) is 4.31. The minimum Gasteiger partial charge on any atom is -0.352 e. The van der Waals surface area contributed by atoms with E-state index in [1.807, 2.05) is 13.8 Å². The summed E-state index contributed by atoms with van der Waals surface area (Å²) in [5.74, 6) is -0.161. The smallest absolute Gasteiger partial charge is 0.251 e. The number of hydrogen-bond donors (Lipinski definition) is 2. The van der Waals surface area contributed by atoms with Crippen LogP contribution in [0, 0.1) is 13.8 Å². The van der Waals surface area contributed by atoms with Crippen LogP contribution in [0.15, 0.2) is 47.4 Å². The van der Waals surface area contributed by atoms with E-state index in [2.05, 4.69) is 15.3 Å². The van der Waals surface area contributed by atoms with Crippen molar-refractivity contribution in [2.24, 2.45) is 5.14 Å². The van der Waals surface area contributed by atoms with Gasteiger partial charge in [-0.1, -0.05) is 12.1 Å². The molecule has 0 atom stereocenters. The number of carbonyl (C=O) groups is 1. The number of aromatic nitrogens is 2. The number of benzene rings is 2. The number of rotatable bonds is 6. The van der Waals surface area contributed by atoms with Gasteiger partial charge in [-0.25, -0.2) is 23.5 Å². The normalized spacial score (nSPS) is 11.5. The van der Waals surface area contributed by atoms with Crippen molar-refractivity contribution in [3.05, 3.63) is 65.0 Å². The highest BCUT2D eigenvalue weighted by Crippen LogP contribution is 2.15. The number of sulfonamides is 1. The molecule has 0 saturated heterocycles. The Kier molecular flexibility index (Phi) is 5.71. The zero-order chi connectivity index (χ0) is 20.3. The second kappa shape index (κ2) is 8.04. The monoisotopic (exact) mass is 398 g/mol. The maximum Gasteiger partial charge on any atom is 0.251 e. The molecule has 2 aromatic carbocycles. The number of nitrogens with two attached hydrogens (primary N) is 1. The fourth-order valence-corrected chi connectivity index (χ4v) is 3.33. The number of hydrogen-bond acceptors (Lipinski definition) is 5. The Morgan fingerprint density at radius 3 is 2.29 bits per heavy atom. The molecule has 28 heavy (non-hydrogen) atoms. The molecular formula is C20H22N4O3S. The molecule has 3 aromatic rings. The summed E-state index contributed by atoms with van der Waals surface area (Å²) in [4.78, 5) is 21.4. The second-order valence-electron chi connectivity index (χ2n) is 6.65. The van der Waals surface area contributed by atoms with Gasteiger partial charge in [0.25, 0.3) is 5.91 Å². The van der Waals surface area contributed by atoms with Crippen molar-refractivity contribution in [3.63, 3.8) is 0 Å². The van der Waals surface area contributed by atoms with Crippen LogP contribution in [-0.4, -0.2) is 30.8 Å². The van der Waals surface area contributed by atoms with Gasteiger partial charge in [-0.3, -0.25) is 4.79 Å². The molecule has 0 saturated carbocycles. The summed E-state index contributed by atoms with van der Waals surface area (Å²) in [6, 6.07) is 11.7. The predicted molar refractivity (Wildman–Crippen MR) is 107 cm³/mol. The van der Waals surface area contributed by atoms with E-state index < -0.39 is 10.0 Å². The molecule has 3 N–H and O–H groups in total. The van der Waals surface area contributed by atoms with Crippen LogP contribution in [0.25, 0.3) is 11.0 Å². The van der Waals surface area contributed by atoms with Crippen molar-refractivity contribution in [1.29, 1.82) is 0 Å². The Morgan fingerprint density at radius 1 is 1.00 bits per heavy atom. The lowest BCUT2D eigenvalue weighted by Crippen LogP contribution is -2.24. The van der Waals surface area contributed by atoms with Gasteiger partial charge in [0.2, 0.25) is 10.0 Å². The Morgan fingerprint density at radius 2 is 1.64 bits per heavy atom. The highest BCUT2D eigenvalue weighted by molar-refractivity contribution is 7.89. The van der Waals surface area contributed by atoms with Crippen molar-refractivity contribution in [1.82, 2.24) is 15.3 Å². The van der Waals surface area contributed by atoms with Gasteiger partial charge in [0.1, 0.15) is 0 Å². The van der Waals surface area contributed by atoms with E-state index in [9.17, 15) is 13.2 Å². The molecule has 146 valence electrons. The molecule has 0 fully saturated rings. The third-order valence-corrected chi connectivity index (χ3v) is 5.45. The molecule has 0 aliphatic carbocycles. The first-order chi connectivity index (χ1) is 13.2. The molecule has 0 aliphatic heterocycles. The van der Waals surface area contributed by atoms with Crippen LogP contribution in [0.3, 0.4) is 0 Å². The maximum absolute atomic E-state index is 12.4. The van der Waals surface area contributed by atoms with Gasteiger partial charge in [-0.15, -0.1) is 0 Å². The standard InChI is InChI=1S/C20H22N4O3S/c1-13-14(2)24-19-12-16(7-10-18(19)23-13)20(25)22-11-3-4-15-5-8-17(9-6-15)28(21,26)27/h5-10,12H,3-4,11H2,1-2H3,(H,22,25)(H2,21,26,27). The van der Waals surface area contributed by atoms with Crippen molar-refractivity contribution in [3.8, 4) is 0 Å². The molecule has 0 bridgehead atoms. The zero-order valence-electron chi connectivity index (χ0n) is 15.8.